The molecular weight excluding hydrogens is 382 g/mol. The van der Waals surface area contributed by atoms with E-state index in [9.17, 15) is 9.59 Å². The van der Waals surface area contributed by atoms with Crippen molar-refractivity contribution in [3.63, 3.8) is 0 Å². The van der Waals surface area contributed by atoms with E-state index in [1.807, 2.05) is 42.2 Å². The van der Waals surface area contributed by atoms with E-state index in [2.05, 4.69) is 4.98 Å². The molecule has 2 heterocycles. The van der Waals surface area contributed by atoms with Crippen LogP contribution in [0.3, 0.4) is 0 Å². The molecule has 0 saturated carbocycles. The average molecular weight is 412 g/mol. The van der Waals surface area contributed by atoms with Crippen LogP contribution in [0, 0.1) is 0 Å². The number of benzene rings is 1. The Kier molecular flexibility index (Phi) is 6.99. The third-order valence-electron chi connectivity index (χ3n) is 5.37. The Labute approximate surface area is 177 Å². The highest BCUT2D eigenvalue weighted by molar-refractivity contribution is 5.93. The average Bonchev–Trinajstić information content (AvgIpc) is 2.77. The highest BCUT2D eigenvalue weighted by atomic mass is 16.5. The third-order valence-corrected chi connectivity index (χ3v) is 5.37. The van der Waals surface area contributed by atoms with Gasteiger partial charge in [-0.05, 0) is 30.5 Å². The summed E-state index contributed by atoms with van der Waals surface area (Å²) in [6, 6.07) is 7.15. The normalized spacial score (nSPS) is 16.4. The highest BCUT2D eigenvalue weighted by Crippen LogP contribution is 2.34. The number of hydrogen-bond acceptors (Lipinski definition) is 6. The van der Waals surface area contributed by atoms with Crippen molar-refractivity contribution in [3.05, 3.63) is 41.7 Å². The van der Waals surface area contributed by atoms with Gasteiger partial charge in [-0.3, -0.25) is 9.59 Å². The molecule has 2 aromatic rings. The Balaban J connectivity index is 1.94. The van der Waals surface area contributed by atoms with Crippen LogP contribution < -0.4 is 10.6 Å². The van der Waals surface area contributed by atoms with Crippen molar-refractivity contribution in [3.8, 4) is 11.1 Å². The van der Waals surface area contributed by atoms with Gasteiger partial charge >= 0.3 is 0 Å². The van der Waals surface area contributed by atoms with Crippen LogP contribution in [-0.4, -0.2) is 67.6 Å². The Hall–Kier alpha value is -3.00. The quantitative estimate of drug-likeness (QED) is 0.748. The Morgan fingerprint density at radius 3 is 2.63 bits per heavy atom. The Morgan fingerprint density at radius 1 is 1.27 bits per heavy atom. The SMILES string of the molecule is COCCC(=O)N1CCCC(c2nc(N(C)C)ncc2-c2ccc(C(N)=O)cc2)C1. The van der Waals surface area contributed by atoms with Gasteiger partial charge in [-0.25, -0.2) is 9.97 Å². The molecule has 0 spiro atoms. The molecule has 3 rings (SSSR count). The van der Waals surface area contributed by atoms with E-state index >= 15 is 0 Å². The fourth-order valence-corrected chi connectivity index (χ4v) is 3.72. The standard InChI is InChI=1S/C22H29N5O3/c1-26(2)22-24-13-18(15-6-8-16(9-7-15)21(23)29)20(25-22)17-5-4-11-27(14-17)19(28)10-12-30-3/h6-9,13,17H,4-5,10-12,14H2,1-3H3,(H2,23,29). The monoisotopic (exact) mass is 411 g/mol. The number of nitrogens with zero attached hydrogens (tertiary/aromatic N) is 4. The number of amides is 2. The molecule has 1 atom stereocenters. The fourth-order valence-electron chi connectivity index (χ4n) is 3.72. The molecule has 1 unspecified atom stereocenters. The van der Waals surface area contributed by atoms with Crippen LogP contribution in [0.15, 0.2) is 30.5 Å². The van der Waals surface area contributed by atoms with Crippen LogP contribution >= 0.6 is 0 Å². The van der Waals surface area contributed by atoms with Crippen LogP contribution in [-0.2, 0) is 9.53 Å². The lowest BCUT2D eigenvalue weighted by molar-refractivity contribution is -0.133. The van der Waals surface area contributed by atoms with Crippen molar-refractivity contribution in [2.75, 3.05) is 45.8 Å². The van der Waals surface area contributed by atoms with E-state index in [1.54, 1.807) is 19.2 Å². The number of carbonyl (C=O) groups is 2. The first-order valence-corrected chi connectivity index (χ1v) is 10.1. The van der Waals surface area contributed by atoms with Crippen LogP contribution in [0.25, 0.3) is 11.1 Å². The van der Waals surface area contributed by atoms with Gasteiger partial charge in [0.25, 0.3) is 0 Å². The second-order valence-electron chi connectivity index (χ2n) is 7.73. The Morgan fingerprint density at radius 2 is 2.00 bits per heavy atom. The van der Waals surface area contributed by atoms with Gasteiger partial charge in [-0.15, -0.1) is 0 Å². The number of nitrogens with two attached hydrogens (primary N) is 1. The first kappa shape index (κ1) is 21.7. The summed E-state index contributed by atoms with van der Waals surface area (Å²) in [4.78, 5) is 37.0. The zero-order chi connectivity index (χ0) is 21.7. The fraction of sp³-hybridized carbons (Fsp3) is 0.455. The number of hydrogen-bond donors (Lipinski definition) is 1. The Bertz CT molecular complexity index is 898. The summed E-state index contributed by atoms with van der Waals surface area (Å²) < 4.78 is 5.05. The summed E-state index contributed by atoms with van der Waals surface area (Å²) in [5.74, 6) is 0.386. The lowest BCUT2D eigenvalue weighted by Crippen LogP contribution is -2.39. The predicted molar refractivity (Wildman–Crippen MR) is 115 cm³/mol. The van der Waals surface area contributed by atoms with Crippen molar-refractivity contribution in [1.29, 1.82) is 0 Å². The summed E-state index contributed by atoms with van der Waals surface area (Å²) in [7, 11) is 5.41. The smallest absolute Gasteiger partial charge is 0.248 e. The van der Waals surface area contributed by atoms with Gasteiger partial charge in [0.2, 0.25) is 17.8 Å². The van der Waals surface area contributed by atoms with Gasteiger partial charge in [0.1, 0.15) is 0 Å². The van der Waals surface area contributed by atoms with E-state index in [0.29, 0.717) is 31.1 Å². The van der Waals surface area contributed by atoms with Gasteiger partial charge in [0.15, 0.2) is 0 Å². The molecule has 2 N–H and O–H groups in total. The van der Waals surface area contributed by atoms with E-state index in [-0.39, 0.29) is 11.8 Å². The van der Waals surface area contributed by atoms with Gasteiger partial charge in [-0.1, -0.05) is 12.1 Å². The van der Waals surface area contributed by atoms with Gasteiger partial charge in [-0.2, -0.15) is 0 Å². The molecule has 2 amide bonds. The molecule has 8 heteroatoms. The number of rotatable bonds is 7. The summed E-state index contributed by atoms with van der Waals surface area (Å²) in [6.45, 7) is 1.81. The molecule has 0 aliphatic carbocycles. The number of anilines is 1. The van der Waals surface area contributed by atoms with E-state index in [0.717, 1.165) is 36.2 Å². The van der Waals surface area contributed by atoms with Crippen molar-refractivity contribution in [1.82, 2.24) is 14.9 Å². The largest absolute Gasteiger partial charge is 0.384 e. The van der Waals surface area contributed by atoms with Crippen LogP contribution in [0.4, 0.5) is 5.95 Å². The molecule has 0 bridgehead atoms. The van der Waals surface area contributed by atoms with Crippen molar-refractivity contribution in [2.45, 2.75) is 25.2 Å². The van der Waals surface area contributed by atoms with Crippen LogP contribution in [0.5, 0.6) is 0 Å². The van der Waals surface area contributed by atoms with Crippen molar-refractivity contribution >= 4 is 17.8 Å². The minimum atomic E-state index is -0.460. The van der Waals surface area contributed by atoms with E-state index < -0.39 is 5.91 Å². The minimum Gasteiger partial charge on any atom is -0.384 e. The number of primary amides is 1. The zero-order valence-corrected chi connectivity index (χ0v) is 17.8. The molecular formula is C22H29N5O3. The van der Waals surface area contributed by atoms with Crippen molar-refractivity contribution < 1.29 is 14.3 Å². The molecule has 1 aliphatic heterocycles. The van der Waals surface area contributed by atoms with Crippen LogP contribution in [0.1, 0.15) is 41.2 Å². The molecule has 1 aliphatic rings. The summed E-state index contributed by atoms with van der Waals surface area (Å²) in [6.07, 6.45) is 4.08. The molecule has 1 aromatic carbocycles. The second kappa shape index (κ2) is 9.67. The number of piperidine rings is 1. The minimum absolute atomic E-state index is 0.107. The predicted octanol–water partition coefficient (Wildman–Crippen LogP) is 2.05. The molecule has 1 fully saturated rings. The molecule has 160 valence electrons. The highest BCUT2D eigenvalue weighted by Gasteiger charge is 2.28. The second-order valence-corrected chi connectivity index (χ2v) is 7.73. The lowest BCUT2D eigenvalue weighted by atomic mass is 9.89. The van der Waals surface area contributed by atoms with Crippen molar-refractivity contribution in [2.24, 2.45) is 5.73 Å². The summed E-state index contributed by atoms with van der Waals surface area (Å²) >= 11 is 0. The molecule has 1 aromatic heterocycles. The summed E-state index contributed by atoms with van der Waals surface area (Å²) in [5, 5.41) is 0. The lowest BCUT2D eigenvalue weighted by Gasteiger charge is -2.33. The third kappa shape index (κ3) is 4.94. The molecule has 30 heavy (non-hydrogen) atoms. The first-order chi connectivity index (χ1) is 14.4. The maximum atomic E-state index is 12.5. The number of methoxy groups -OCH3 is 1. The summed E-state index contributed by atoms with van der Waals surface area (Å²) in [5.41, 5.74) is 8.57. The number of carbonyl (C=O) groups excluding carboxylic acids is 2. The zero-order valence-electron chi connectivity index (χ0n) is 17.8. The number of likely N-dealkylation sites (tertiary alicyclic amines) is 1. The van der Waals surface area contributed by atoms with E-state index in [1.165, 1.54) is 0 Å². The maximum Gasteiger partial charge on any atom is 0.248 e. The first-order valence-electron chi connectivity index (χ1n) is 10.1. The molecule has 8 nitrogen and oxygen atoms in total. The van der Waals surface area contributed by atoms with Gasteiger partial charge in [0, 0.05) is 57.5 Å². The number of ether oxygens (including phenoxy) is 1. The molecule has 0 radical (unpaired) electrons. The van der Waals surface area contributed by atoms with E-state index in [4.69, 9.17) is 15.5 Å². The van der Waals surface area contributed by atoms with Gasteiger partial charge in [0.05, 0.1) is 18.7 Å². The number of aromatic nitrogens is 2. The maximum absolute atomic E-state index is 12.5. The molecule has 1 saturated heterocycles. The topological polar surface area (TPSA) is 102 Å². The van der Waals surface area contributed by atoms with Gasteiger partial charge < -0.3 is 20.3 Å². The van der Waals surface area contributed by atoms with Crippen LogP contribution in [0.2, 0.25) is 0 Å².